The Hall–Kier alpha value is -3.28. The number of fused-ring (bicyclic) bond motifs is 1. The van der Waals surface area contributed by atoms with E-state index < -0.39 is 5.97 Å². The van der Waals surface area contributed by atoms with Crippen LogP contribution in [0.15, 0.2) is 60.9 Å². The largest absolute Gasteiger partial charge is 0.478 e. The Morgan fingerprint density at radius 1 is 1.34 bits per heavy atom. The Bertz CT molecular complexity index is 1060. The zero-order valence-corrected chi connectivity index (χ0v) is 16.3. The molecule has 0 aliphatic rings. The molecule has 0 aliphatic heterocycles. The predicted octanol–water partition coefficient (Wildman–Crippen LogP) is 4.80. The Morgan fingerprint density at radius 2 is 2.17 bits per heavy atom. The van der Waals surface area contributed by atoms with Gasteiger partial charge in [-0.1, -0.05) is 31.2 Å². The summed E-state index contributed by atoms with van der Waals surface area (Å²) in [5.74, 6) is -1.65. The SMILES string of the molecule is CC[C@H](C(=N)CCc1cnn2ccccc12)c1ccc(C/C=C/C(=O)O)cc1F. The molecule has 2 aromatic heterocycles. The molecular formula is C23H24FN3O2. The van der Waals surface area contributed by atoms with Crippen LogP contribution >= 0.6 is 0 Å². The van der Waals surface area contributed by atoms with Crippen LogP contribution in [0, 0.1) is 11.2 Å². The van der Waals surface area contributed by atoms with Crippen LogP contribution in [0.4, 0.5) is 4.39 Å². The van der Waals surface area contributed by atoms with E-state index in [1.54, 1.807) is 12.1 Å². The average Bonchev–Trinajstić information content (AvgIpc) is 3.11. The number of aliphatic carboxylic acids is 1. The molecule has 0 amide bonds. The summed E-state index contributed by atoms with van der Waals surface area (Å²) in [6.07, 6.45) is 8.48. The van der Waals surface area contributed by atoms with Gasteiger partial charge in [0.1, 0.15) is 5.82 Å². The lowest BCUT2D eigenvalue weighted by atomic mass is 9.87. The number of carboxylic acids is 1. The van der Waals surface area contributed by atoms with Gasteiger partial charge in [-0.2, -0.15) is 5.10 Å². The molecule has 0 fully saturated rings. The molecule has 1 aromatic carbocycles. The maximum atomic E-state index is 14.7. The first-order valence-electron chi connectivity index (χ1n) is 9.66. The smallest absolute Gasteiger partial charge is 0.327 e. The van der Waals surface area contributed by atoms with Gasteiger partial charge in [-0.15, -0.1) is 0 Å². The molecule has 29 heavy (non-hydrogen) atoms. The Kier molecular flexibility index (Phi) is 6.54. The fourth-order valence-corrected chi connectivity index (χ4v) is 3.55. The third-order valence-electron chi connectivity index (χ3n) is 5.05. The first-order valence-corrected chi connectivity index (χ1v) is 9.66. The number of carbonyl (C=O) groups is 1. The zero-order chi connectivity index (χ0) is 20.8. The topological polar surface area (TPSA) is 78.5 Å². The van der Waals surface area contributed by atoms with Crippen LogP contribution in [0.2, 0.25) is 0 Å². The third-order valence-corrected chi connectivity index (χ3v) is 5.05. The maximum Gasteiger partial charge on any atom is 0.327 e. The van der Waals surface area contributed by atoms with Crippen LogP contribution in [0.5, 0.6) is 0 Å². The summed E-state index contributed by atoms with van der Waals surface area (Å²) in [5.41, 5.74) is 3.82. The van der Waals surface area contributed by atoms with E-state index in [0.717, 1.165) is 17.2 Å². The molecule has 3 rings (SSSR count). The van der Waals surface area contributed by atoms with Crippen molar-refractivity contribution in [2.24, 2.45) is 0 Å². The minimum Gasteiger partial charge on any atom is -0.478 e. The highest BCUT2D eigenvalue weighted by Gasteiger charge is 2.19. The van der Waals surface area contributed by atoms with Crippen LogP contribution < -0.4 is 0 Å². The summed E-state index contributed by atoms with van der Waals surface area (Å²) >= 11 is 0. The molecule has 5 nitrogen and oxygen atoms in total. The number of hydrogen-bond acceptors (Lipinski definition) is 3. The molecule has 6 heteroatoms. The van der Waals surface area contributed by atoms with Crippen LogP contribution in [-0.4, -0.2) is 26.4 Å². The van der Waals surface area contributed by atoms with Crippen molar-refractivity contribution in [3.63, 3.8) is 0 Å². The number of halogens is 1. The van der Waals surface area contributed by atoms with Crippen molar-refractivity contribution in [1.29, 1.82) is 5.41 Å². The van der Waals surface area contributed by atoms with Gasteiger partial charge in [0, 0.05) is 23.9 Å². The molecule has 2 heterocycles. The fourth-order valence-electron chi connectivity index (χ4n) is 3.55. The van der Waals surface area contributed by atoms with Gasteiger partial charge in [0.15, 0.2) is 0 Å². The molecule has 0 aliphatic carbocycles. The van der Waals surface area contributed by atoms with E-state index in [1.807, 2.05) is 42.0 Å². The molecule has 0 saturated heterocycles. The van der Waals surface area contributed by atoms with Crippen molar-refractivity contribution in [3.05, 3.63) is 83.5 Å². The minimum absolute atomic E-state index is 0.277. The van der Waals surface area contributed by atoms with Crippen LogP contribution in [0.25, 0.3) is 5.52 Å². The molecule has 0 unspecified atom stereocenters. The van der Waals surface area contributed by atoms with Gasteiger partial charge < -0.3 is 10.5 Å². The molecule has 0 radical (unpaired) electrons. The number of hydrogen-bond donors (Lipinski definition) is 2. The standard InChI is InChI=1S/C23H24FN3O2/c1-2-18(19-11-9-16(14-20(19)24)6-5-8-23(28)29)21(25)12-10-17-15-26-27-13-4-3-7-22(17)27/h3-5,7-9,11,13-15,18,25H,2,6,10,12H2,1H3,(H,28,29)/b8-5+,25-21?/t18-/m0/s1. The molecule has 0 bridgehead atoms. The van der Waals surface area contributed by atoms with Crippen molar-refractivity contribution in [1.82, 2.24) is 9.61 Å². The highest BCUT2D eigenvalue weighted by molar-refractivity contribution is 5.88. The van der Waals surface area contributed by atoms with E-state index in [0.29, 0.717) is 42.5 Å². The maximum absolute atomic E-state index is 14.7. The molecule has 1 atom stereocenters. The second kappa shape index (κ2) is 9.28. The zero-order valence-electron chi connectivity index (χ0n) is 16.3. The normalized spacial score (nSPS) is 12.5. The second-order valence-corrected chi connectivity index (χ2v) is 6.99. The molecule has 0 saturated carbocycles. The van der Waals surface area contributed by atoms with Crippen molar-refractivity contribution < 1.29 is 14.3 Å². The summed E-state index contributed by atoms with van der Waals surface area (Å²) in [5, 5.41) is 21.5. The lowest BCUT2D eigenvalue weighted by molar-refractivity contribution is -0.131. The molecule has 0 spiro atoms. The van der Waals surface area contributed by atoms with Gasteiger partial charge in [-0.05, 0) is 60.6 Å². The number of benzene rings is 1. The quantitative estimate of drug-likeness (QED) is 0.405. The Labute approximate surface area is 169 Å². The van der Waals surface area contributed by atoms with Gasteiger partial charge in [-0.3, -0.25) is 0 Å². The average molecular weight is 393 g/mol. The van der Waals surface area contributed by atoms with Crippen molar-refractivity contribution in [3.8, 4) is 0 Å². The molecular weight excluding hydrogens is 369 g/mol. The molecule has 2 N–H and O–H groups in total. The number of pyridine rings is 1. The van der Waals surface area contributed by atoms with Gasteiger partial charge in [0.2, 0.25) is 0 Å². The highest BCUT2D eigenvalue weighted by atomic mass is 19.1. The highest BCUT2D eigenvalue weighted by Crippen LogP contribution is 2.27. The van der Waals surface area contributed by atoms with E-state index in [4.69, 9.17) is 10.5 Å². The summed E-state index contributed by atoms with van der Waals surface area (Å²) in [6, 6.07) is 10.8. The van der Waals surface area contributed by atoms with Gasteiger partial charge >= 0.3 is 5.97 Å². The number of allylic oxidation sites excluding steroid dienone is 1. The van der Waals surface area contributed by atoms with E-state index in [9.17, 15) is 9.18 Å². The fraction of sp³-hybridized carbons (Fsp3) is 0.261. The lowest BCUT2D eigenvalue weighted by Gasteiger charge is -2.18. The molecule has 150 valence electrons. The van der Waals surface area contributed by atoms with E-state index >= 15 is 0 Å². The monoisotopic (exact) mass is 393 g/mol. The van der Waals surface area contributed by atoms with Crippen LogP contribution in [0.3, 0.4) is 0 Å². The number of aryl methyl sites for hydroxylation is 1. The van der Waals surface area contributed by atoms with E-state index in [1.165, 1.54) is 12.1 Å². The van der Waals surface area contributed by atoms with Crippen LogP contribution in [0.1, 0.15) is 42.4 Å². The Balaban J connectivity index is 1.69. The second-order valence-electron chi connectivity index (χ2n) is 6.99. The predicted molar refractivity (Wildman–Crippen MR) is 111 cm³/mol. The number of nitrogens with one attached hydrogen (secondary N) is 1. The summed E-state index contributed by atoms with van der Waals surface area (Å²) in [7, 11) is 0. The van der Waals surface area contributed by atoms with Crippen LogP contribution in [-0.2, 0) is 17.6 Å². The summed E-state index contributed by atoms with van der Waals surface area (Å²) < 4.78 is 16.5. The summed E-state index contributed by atoms with van der Waals surface area (Å²) in [4.78, 5) is 10.5. The first-order chi connectivity index (χ1) is 14.0. The lowest BCUT2D eigenvalue weighted by Crippen LogP contribution is -2.13. The van der Waals surface area contributed by atoms with Crippen molar-refractivity contribution >= 4 is 17.2 Å². The number of rotatable bonds is 9. The summed E-state index contributed by atoms with van der Waals surface area (Å²) in [6.45, 7) is 1.96. The number of aromatic nitrogens is 2. The van der Waals surface area contributed by atoms with E-state index in [-0.39, 0.29) is 11.7 Å². The van der Waals surface area contributed by atoms with Crippen molar-refractivity contribution in [2.75, 3.05) is 0 Å². The van der Waals surface area contributed by atoms with Gasteiger partial charge in [0.05, 0.1) is 11.7 Å². The Morgan fingerprint density at radius 3 is 2.90 bits per heavy atom. The first kappa shape index (κ1) is 20.5. The van der Waals surface area contributed by atoms with Gasteiger partial charge in [0.25, 0.3) is 0 Å². The number of nitrogens with zero attached hydrogens (tertiary/aromatic N) is 2. The van der Waals surface area contributed by atoms with E-state index in [2.05, 4.69) is 5.10 Å². The molecule has 3 aromatic rings. The minimum atomic E-state index is -1.02. The van der Waals surface area contributed by atoms with Crippen molar-refractivity contribution in [2.45, 2.75) is 38.5 Å². The van der Waals surface area contributed by atoms with Gasteiger partial charge in [-0.25, -0.2) is 13.7 Å². The third kappa shape index (κ3) is 4.96. The number of carboxylic acid groups (broad SMARTS) is 1.